The lowest BCUT2D eigenvalue weighted by Crippen LogP contribution is -2.36. The summed E-state index contributed by atoms with van der Waals surface area (Å²) in [4.78, 5) is 14.2. The number of methoxy groups -OCH3 is 1. The summed E-state index contributed by atoms with van der Waals surface area (Å²) in [6, 6.07) is 7.21. The fourth-order valence-electron chi connectivity index (χ4n) is 2.20. The van der Waals surface area contributed by atoms with E-state index in [-0.39, 0.29) is 19.1 Å². The maximum atomic E-state index is 12.6. The molecule has 0 fully saturated rings. The third-order valence-electron chi connectivity index (χ3n) is 3.44. The number of rotatable bonds is 7. The van der Waals surface area contributed by atoms with Gasteiger partial charge in [0.2, 0.25) is 0 Å². The quantitative estimate of drug-likeness (QED) is 0.838. The molecule has 1 heterocycles. The maximum absolute atomic E-state index is 12.6. The van der Waals surface area contributed by atoms with Crippen molar-refractivity contribution in [3.05, 3.63) is 46.7 Å². The second-order valence-corrected chi connectivity index (χ2v) is 5.49. The summed E-state index contributed by atoms with van der Waals surface area (Å²) in [5, 5.41) is 14.2. The zero-order valence-electron chi connectivity index (χ0n) is 13.2. The lowest BCUT2D eigenvalue weighted by molar-refractivity contribution is 0.0656. The first-order valence-corrected chi connectivity index (χ1v) is 7.66. The van der Waals surface area contributed by atoms with Gasteiger partial charge in [-0.2, -0.15) is 5.10 Å². The van der Waals surface area contributed by atoms with Crippen LogP contribution in [0.3, 0.4) is 0 Å². The summed E-state index contributed by atoms with van der Waals surface area (Å²) in [5.74, 6) is -0.172. The molecule has 2 aromatic rings. The van der Waals surface area contributed by atoms with Gasteiger partial charge in [0, 0.05) is 31.4 Å². The van der Waals surface area contributed by atoms with Crippen LogP contribution in [0.25, 0.3) is 5.69 Å². The molecule has 1 aromatic heterocycles. The van der Waals surface area contributed by atoms with Gasteiger partial charge in [0.25, 0.3) is 5.91 Å². The van der Waals surface area contributed by atoms with E-state index in [1.165, 1.54) is 0 Å². The van der Waals surface area contributed by atoms with Crippen molar-refractivity contribution in [3.63, 3.8) is 0 Å². The molecule has 1 amide bonds. The van der Waals surface area contributed by atoms with Crippen LogP contribution in [0.5, 0.6) is 0 Å². The Hall–Kier alpha value is -1.89. The Morgan fingerprint density at radius 1 is 1.35 bits per heavy atom. The Bertz CT molecular complexity index is 655. The van der Waals surface area contributed by atoms with E-state index < -0.39 is 0 Å². The number of carbonyl (C=O) groups excluding carboxylic acids is 1. The molecule has 0 saturated heterocycles. The van der Waals surface area contributed by atoms with E-state index in [1.54, 1.807) is 41.9 Å². The van der Waals surface area contributed by atoms with Crippen LogP contribution < -0.4 is 0 Å². The second kappa shape index (κ2) is 8.10. The molecule has 0 bridgehead atoms. The van der Waals surface area contributed by atoms with Gasteiger partial charge >= 0.3 is 0 Å². The Balaban J connectivity index is 2.25. The van der Waals surface area contributed by atoms with Crippen LogP contribution >= 0.6 is 11.6 Å². The zero-order chi connectivity index (χ0) is 16.8. The molecule has 0 unspecified atom stereocenters. The maximum Gasteiger partial charge on any atom is 0.257 e. The Labute approximate surface area is 140 Å². The van der Waals surface area contributed by atoms with Crippen molar-refractivity contribution in [2.75, 3.05) is 33.4 Å². The SMILES string of the molecule is COCCN(CCO)C(=O)c1cn(-c2ccc(Cl)cc2)nc1C. The third kappa shape index (κ3) is 4.31. The molecule has 23 heavy (non-hydrogen) atoms. The van der Waals surface area contributed by atoms with Gasteiger partial charge in [0.15, 0.2) is 0 Å². The standard InChI is InChI=1S/C16H20ClN3O3/c1-12-15(16(22)19(7-9-21)8-10-23-2)11-20(18-12)14-5-3-13(17)4-6-14/h3-6,11,21H,7-10H2,1-2H3. The lowest BCUT2D eigenvalue weighted by atomic mass is 10.2. The van der Waals surface area contributed by atoms with Gasteiger partial charge in [-0.05, 0) is 31.2 Å². The van der Waals surface area contributed by atoms with Crippen molar-refractivity contribution >= 4 is 17.5 Å². The summed E-state index contributed by atoms with van der Waals surface area (Å²) in [7, 11) is 1.57. The molecule has 0 aliphatic heterocycles. The van der Waals surface area contributed by atoms with E-state index in [4.69, 9.17) is 21.4 Å². The molecule has 0 radical (unpaired) electrons. The summed E-state index contributed by atoms with van der Waals surface area (Å²) in [5.41, 5.74) is 1.96. The summed E-state index contributed by atoms with van der Waals surface area (Å²) >= 11 is 5.88. The Morgan fingerprint density at radius 3 is 2.65 bits per heavy atom. The molecule has 1 aromatic carbocycles. The molecule has 0 atom stereocenters. The molecule has 2 rings (SSSR count). The minimum atomic E-state index is -0.172. The average molecular weight is 338 g/mol. The van der Waals surface area contributed by atoms with Crippen LogP contribution in [0.4, 0.5) is 0 Å². The Morgan fingerprint density at radius 2 is 2.04 bits per heavy atom. The van der Waals surface area contributed by atoms with Crippen molar-refractivity contribution in [3.8, 4) is 5.69 Å². The second-order valence-electron chi connectivity index (χ2n) is 5.06. The number of amides is 1. The first-order chi connectivity index (χ1) is 11.1. The normalized spacial score (nSPS) is 10.8. The van der Waals surface area contributed by atoms with Crippen LogP contribution in [-0.4, -0.2) is 59.1 Å². The summed E-state index contributed by atoms with van der Waals surface area (Å²) < 4.78 is 6.66. The van der Waals surface area contributed by atoms with Crippen LogP contribution in [0, 0.1) is 6.92 Å². The van der Waals surface area contributed by atoms with Crippen molar-refractivity contribution < 1.29 is 14.6 Å². The van der Waals surface area contributed by atoms with Crippen LogP contribution in [0.15, 0.2) is 30.5 Å². The summed E-state index contributed by atoms with van der Waals surface area (Å²) in [6.07, 6.45) is 1.69. The summed E-state index contributed by atoms with van der Waals surface area (Å²) in [6.45, 7) is 2.78. The number of nitrogens with zero attached hydrogens (tertiary/aromatic N) is 3. The molecule has 1 N–H and O–H groups in total. The molecule has 0 aliphatic carbocycles. The number of ether oxygens (including phenoxy) is 1. The van der Waals surface area contributed by atoms with Crippen LogP contribution in [0.1, 0.15) is 16.1 Å². The third-order valence-corrected chi connectivity index (χ3v) is 3.69. The zero-order valence-corrected chi connectivity index (χ0v) is 14.0. The highest BCUT2D eigenvalue weighted by molar-refractivity contribution is 6.30. The molecular weight excluding hydrogens is 318 g/mol. The smallest absolute Gasteiger partial charge is 0.257 e. The minimum absolute atomic E-state index is 0.0974. The number of hydrogen-bond acceptors (Lipinski definition) is 4. The number of benzene rings is 1. The predicted octanol–water partition coefficient (Wildman–Crippen LogP) is 1.92. The van der Waals surface area contributed by atoms with Crippen molar-refractivity contribution in [1.82, 2.24) is 14.7 Å². The first kappa shape index (κ1) is 17.5. The highest BCUT2D eigenvalue weighted by Gasteiger charge is 2.20. The number of aryl methyl sites for hydroxylation is 1. The van der Waals surface area contributed by atoms with Crippen LogP contribution in [0.2, 0.25) is 5.02 Å². The van der Waals surface area contributed by atoms with Gasteiger partial charge in [0.1, 0.15) is 0 Å². The average Bonchev–Trinajstić information content (AvgIpc) is 2.93. The highest BCUT2D eigenvalue weighted by Crippen LogP contribution is 2.16. The Kier molecular flexibility index (Phi) is 6.15. The number of aliphatic hydroxyl groups is 1. The van der Waals surface area contributed by atoms with E-state index in [9.17, 15) is 4.79 Å². The fraction of sp³-hybridized carbons (Fsp3) is 0.375. The molecule has 124 valence electrons. The van der Waals surface area contributed by atoms with E-state index in [2.05, 4.69) is 5.10 Å². The molecule has 0 spiro atoms. The van der Waals surface area contributed by atoms with Gasteiger partial charge in [-0.1, -0.05) is 11.6 Å². The highest BCUT2D eigenvalue weighted by atomic mass is 35.5. The molecular formula is C16H20ClN3O3. The molecule has 0 saturated carbocycles. The number of halogens is 1. The molecule has 7 heteroatoms. The van der Waals surface area contributed by atoms with Gasteiger partial charge < -0.3 is 14.7 Å². The van der Waals surface area contributed by atoms with E-state index in [0.717, 1.165) is 5.69 Å². The van der Waals surface area contributed by atoms with Gasteiger partial charge in [-0.15, -0.1) is 0 Å². The minimum Gasteiger partial charge on any atom is -0.395 e. The molecule has 6 nitrogen and oxygen atoms in total. The van der Waals surface area contributed by atoms with Gasteiger partial charge in [-0.25, -0.2) is 4.68 Å². The van der Waals surface area contributed by atoms with Crippen molar-refractivity contribution in [1.29, 1.82) is 0 Å². The predicted molar refractivity (Wildman–Crippen MR) is 88.2 cm³/mol. The van der Waals surface area contributed by atoms with Crippen molar-refractivity contribution in [2.45, 2.75) is 6.92 Å². The van der Waals surface area contributed by atoms with Crippen molar-refractivity contribution in [2.24, 2.45) is 0 Å². The van der Waals surface area contributed by atoms with E-state index >= 15 is 0 Å². The fourth-order valence-corrected chi connectivity index (χ4v) is 2.33. The number of aliphatic hydroxyl groups excluding tert-OH is 1. The molecule has 0 aliphatic rings. The topological polar surface area (TPSA) is 67.6 Å². The monoisotopic (exact) mass is 337 g/mol. The number of aromatic nitrogens is 2. The largest absolute Gasteiger partial charge is 0.395 e. The number of carbonyl (C=O) groups is 1. The van der Waals surface area contributed by atoms with E-state index in [0.29, 0.717) is 29.4 Å². The van der Waals surface area contributed by atoms with Crippen LogP contribution in [-0.2, 0) is 4.74 Å². The first-order valence-electron chi connectivity index (χ1n) is 7.28. The van der Waals surface area contributed by atoms with E-state index in [1.807, 2.05) is 12.1 Å². The lowest BCUT2D eigenvalue weighted by Gasteiger charge is -2.20. The van der Waals surface area contributed by atoms with Gasteiger partial charge in [-0.3, -0.25) is 4.79 Å². The number of hydrogen-bond donors (Lipinski definition) is 1. The van der Waals surface area contributed by atoms with Gasteiger partial charge in [0.05, 0.1) is 30.2 Å².